The lowest BCUT2D eigenvalue weighted by Gasteiger charge is -2.30. The van der Waals surface area contributed by atoms with E-state index in [1.807, 2.05) is 19.1 Å². The quantitative estimate of drug-likeness (QED) is 0.769. The van der Waals surface area contributed by atoms with E-state index in [9.17, 15) is 9.90 Å². The van der Waals surface area contributed by atoms with Crippen molar-refractivity contribution in [1.29, 1.82) is 0 Å². The van der Waals surface area contributed by atoms with E-state index in [1.54, 1.807) is 0 Å². The number of urea groups is 1. The molecule has 0 unspecified atom stereocenters. The molecule has 0 aromatic heterocycles. The molecule has 5 nitrogen and oxygen atoms in total. The minimum Gasteiger partial charge on any atom is -0.393 e. The molecule has 1 aromatic carbocycles. The Morgan fingerprint density at radius 2 is 1.90 bits per heavy atom. The first-order valence-corrected chi connectivity index (χ1v) is 7.68. The standard InChI is InChI=1S/C16H25N3O2/c1-2-17-16(21)18-11-13-5-3-4-6-14(13)12-19-9-7-15(20)8-10-19/h3-6,15,20H,2,7-12H2,1H3,(H2,17,18,21). The maximum absolute atomic E-state index is 11.5. The number of piperidine rings is 1. The Morgan fingerprint density at radius 3 is 2.57 bits per heavy atom. The lowest BCUT2D eigenvalue weighted by Crippen LogP contribution is -2.36. The summed E-state index contributed by atoms with van der Waals surface area (Å²) in [5, 5.41) is 15.2. The highest BCUT2D eigenvalue weighted by molar-refractivity contribution is 5.73. The molecule has 0 bridgehead atoms. The molecule has 1 heterocycles. The molecule has 1 aliphatic rings. The molecule has 1 saturated heterocycles. The van der Waals surface area contributed by atoms with Gasteiger partial charge in [0, 0.05) is 32.7 Å². The van der Waals surface area contributed by atoms with Gasteiger partial charge in [-0.25, -0.2) is 4.79 Å². The zero-order valence-electron chi connectivity index (χ0n) is 12.6. The summed E-state index contributed by atoms with van der Waals surface area (Å²) < 4.78 is 0. The van der Waals surface area contributed by atoms with E-state index >= 15 is 0 Å². The first-order chi connectivity index (χ1) is 10.2. The van der Waals surface area contributed by atoms with Gasteiger partial charge in [-0.2, -0.15) is 0 Å². The van der Waals surface area contributed by atoms with Crippen molar-refractivity contribution < 1.29 is 9.90 Å². The highest BCUT2D eigenvalue weighted by Crippen LogP contribution is 2.16. The molecule has 116 valence electrons. The van der Waals surface area contributed by atoms with Crippen molar-refractivity contribution in [2.45, 2.75) is 39.0 Å². The third kappa shape index (κ3) is 5.02. The number of carbonyl (C=O) groups excluding carboxylic acids is 1. The number of hydrogen-bond donors (Lipinski definition) is 3. The molecule has 3 N–H and O–H groups in total. The van der Waals surface area contributed by atoms with Crippen LogP contribution in [0.1, 0.15) is 30.9 Å². The van der Waals surface area contributed by atoms with Gasteiger partial charge >= 0.3 is 6.03 Å². The summed E-state index contributed by atoms with van der Waals surface area (Å²) in [4.78, 5) is 13.9. The molecule has 0 radical (unpaired) electrons. The molecule has 0 saturated carbocycles. The van der Waals surface area contributed by atoms with E-state index < -0.39 is 0 Å². The molecule has 1 aliphatic heterocycles. The van der Waals surface area contributed by atoms with Gasteiger partial charge in [-0.15, -0.1) is 0 Å². The lowest BCUT2D eigenvalue weighted by molar-refractivity contribution is 0.0791. The average molecular weight is 291 g/mol. The molecule has 1 aromatic rings. The summed E-state index contributed by atoms with van der Waals surface area (Å²) in [7, 11) is 0. The van der Waals surface area contributed by atoms with Crippen molar-refractivity contribution in [2.75, 3.05) is 19.6 Å². The molecule has 0 aliphatic carbocycles. The zero-order chi connectivity index (χ0) is 15.1. The van der Waals surface area contributed by atoms with Gasteiger partial charge in [-0.3, -0.25) is 4.90 Å². The summed E-state index contributed by atoms with van der Waals surface area (Å²) in [6.45, 7) is 5.80. The number of amides is 2. The Morgan fingerprint density at radius 1 is 1.24 bits per heavy atom. The van der Waals surface area contributed by atoms with Crippen LogP contribution < -0.4 is 10.6 Å². The zero-order valence-corrected chi connectivity index (χ0v) is 12.6. The van der Waals surface area contributed by atoms with E-state index in [0.717, 1.165) is 38.0 Å². The first-order valence-electron chi connectivity index (χ1n) is 7.68. The highest BCUT2D eigenvalue weighted by Gasteiger charge is 2.17. The van der Waals surface area contributed by atoms with Crippen LogP contribution in [0.15, 0.2) is 24.3 Å². The van der Waals surface area contributed by atoms with Gasteiger partial charge in [0.1, 0.15) is 0 Å². The molecular weight excluding hydrogens is 266 g/mol. The van der Waals surface area contributed by atoms with E-state index in [2.05, 4.69) is 27.7 Å². The Kier molecular flexibility index (Phi) is 6.02. The SMILES string of the molecule is CCNC(=O)NCc1ccccc1CN1CCC(O)CC1. The molecule has 2 amide bonds. The second-order valence-corrected chi connectivity index (χ2v) is 5.49. The highest BCUT2D eigenvalue weighted by atomic mass is 16.3. The van der Waals surface area contributed by atoms with Gasteiger partial charge < -0.3 is 15.7 Å². The van der Waals surface area contributed by atoms with Crippen LogP contribution in [-0.4, -0.2) is 41.8 Å². The topological polar surface area (TPSA) is 64.6 Å². The fourth-order valence-corrected chi connectivity index (χ4v) is 2.60. The van der Waals surface area contributed by atoms with Gasteiger partial charge in [0.15, 0.2) is 0 Å². The number of aliphatic hydroxyl groups excluding tert-OH is 1. The van der Waals surface area contributed by atoms with Gasteiger partial charge in [-0.05, 0) is 30.9 Å². The number of benzene rings is 1. The van der Waals surface area contributed by atoms with Crippen LogP contribution in [0.2, 0.25) is 0 Å². The molecule has 21 heavy (non-hydrogen) atoms. The molecule has 0 atom stereocenters. The molecule has 0 spiro atoms. The minimum absolute atomic E-state index is 0.131. The molecular formula is C16H25N3O2. The van der Waals surface area contributed by atoms with Crippen LogP contribution in [0.3, 0.4) is 0 Å². The summed E-state index contributed by atoms with van der Waals surface area (Å²) in [5.41, 5.74) is 2.39. The van der Waals surface area contributed by atoms with Crippen molar-refractivity contribution >= 4 is 6.03 Å². The summed E-state index contributed by atoms with van der Waals surface area (Å²) in [6, 6.07) is 8.07. The fourth-order valence-electron chi connectivity index (χ4n) is 2.60. The summed E-state index contributed by atoms with van der Waals surface area (Å²) >= 11 is 0. The van der Waals surface area contributed by atoms with E-state index in [4.69, 9.17) is 0 Å². The Hall–Kier alpha value is -1.59. The van der Waals surface area contributed by atoms with Crippen molar-refractivity contribution in [3.63, 3.8) is 0 Å². The number of nitrogens with zero attached hydrogens (tertiary/aromatic N) is 1. The maximum Gasteiger partial charge on any atom is 0.315 e. The van der Waals surface area contributed by atoms with Gasteiger partial charge in [-0.1, -0.05) is 24.3 Å². The largest absolute Gasteiger partial charge is 0.393 e. The monoisotopic (exact) mass is 291 g/mol. The molecule has 5 heteroatoms. The maximum atomic E-state index is 11.5. The number of nitrogens with one attached hydrogen (secondary N) is 2. The second-order valence-electron chi connectivity index (χ2n) is 5.49. The lowest BCUT2D eigenvalue weighted by atomic mass is 10.0. The Bertz CT molecular complexity index is 457. The predicted molar refractivity (Wildman–Crippen MR) is 82.9 cm³/mol. The summed E-state index contributed by atoms with van der Waals surface area (Å²) in [5.74, 6) is 0. The van der Waals surface area contributed by atoms with Crippen molar-refractivity contribution in [3.8, 4) is 0 Å². The van der Waals surface area contributed by atoms with Crippen LogP contribution in [-0.2, 0) is 13.1 Å². The van der Waals surface area contributed by atoms with Crippen LogP contribution in [0.25, 0.3) is 0 Å². The van der Waals surface area contributed by atoms with Crippen LogP contribution in [0.4, 0.5) is 4.79 Å². The van der Waals surface area contributed by atoms with E-state index in [1.165, 1.54) is 5.56 Å². The molecule has 1 fully saturated rings. The summed E-state index contributed by atoms with van der Waals surface area (Å²) in [6.07, 6.45) is 1.55. The van der Waals surface area contributed by atoms with Crippen molar-refractivity contribution in [3.05, 3.63) is 35.4 Å². The van der Waals surface area contributed by atoms with E-state index in [-0.39, 0.29) is 12.1 Å². The number of rotatable bonds is 5. The number of likely N-dealkylation sites (tertiary alicyclic amines) is 1. The van der Waals surface area contributed by atoms with Crippen molar-refractivity contribution in [1.82, 2.24) is 15.5 Å². The number of carbonyl (C=O) groups is 1. The van der Waals surface area contributed by atoms with Crippen molar-refractivity contribution in [2.24, 2.45) is 0 Å². The van der Waals surface area contributed by atoms with Gasteiger partial charge in [0.2, 0.25) is 0 Å². The Labute approximate surface area is 126 Å². The smallest absolute Gasteiger partial charge is 0.315 e. The minimum atomic E-state index is -0.143. The average Bonchev–Trinajstić information content (AvgIpc) is 2.49. The van der Waals surface area contributed by atoms with E-state index in [0.29, 0.717) is 13.1 Å². The predicted octanol–water partition coefficient (Wildman–Crippen LogP) is 1.46. The van der Waals surface area contributed by atoms with Crippen LogP contribution in [0, 0.1) is 0 Å². The normalized spacial score (nSPS) is 16.7. The first kappa shape index (κ1) is 15.8. The van der Waals surface area contributed by atoms with Crippen LogP contribution >= 0.6 is 0 Å². The fraction of sp³-hybridized carbons (Fsp3) is 0.562. The second kappa shape index (κ2) is 8.00. The number of hydrogen-bond acceptors (Lipinski definition) is 3. The van der Waals surface area contributed by atoms with Gasteiger partial charge in [0.25, 0.3) is 0 Å². The van der Waals surface area contributed by atoms with Gasteiger partial charge in [0.05, 0.1) is 6.10 Å². The Balaban J connectivity index is 1.92. The third-order valence-electron chi connectivity index (χ3n) is 3.85. The third-order valence-corrected chi connectivity index (χ3v) is 3.85. The molecule has 2 rings (SSSR count). The number of aliphatic hydroxyl groups is 1. The van der Waals surface area contributed by atoms with Crippen LogP contribution in [0.5, 0.6) is 0 Å².